The van der Waals surface area contributed by atoms with Crippen LogP contribution in [0.1, 0.15) is 35.6 Å². The number of phenols is 1. The molecule has 1 atom stereocenters. The van der Waals surface area contributed by atoms with Crippen molar-refractivity contribution in [3.8, 4) is 11.5 Å². The third-order valence-electron chi connectivity index (χ3n) is 6.50. The molecule has 1 unspecified atom stereocenters. The van der Waals surface area contributed by atoms with Crippen LogP contribution in [0.15, 0.2) is 24.4 Å². The summed E-state index contributed by atoms with van der Waals surface area (Å²) in [5, 5.41) is 10.4. The van der Waals surface area contributed by atoms with Gasteiger partial charge in [0.05, 0.1) is 0 Å². The van der Waals surface area contributed by atoms with Gasteiger partial charge in [-0.15, -0.1) is 0 Å². The van der Waals surface area contributed by atoms with E-state index in [0.29, 0.717) is 5.75 Å². The summed E-state index contributed by atoms with van der Waals surface area (Å²) in [5.41, 5.74) is 3.97. The molecule has 1 fully saturated rings. The molecule has 0 spiro atoms. The van der Waals surface area contributed by atoms with Gasteiger partial charge >= 0.3 is 0 Å². The second-order valence-electron chi connectivity index (χ2n) is 8.53. The van der Waals surface area contributed by atoms with E-state index < -0.39 is 0 Å². The van der Waals surface area contributed by atoms with E-state index in [1.165, 1.54) is 5.56 Å². The number of fused-ring (bicyclic) bond motifs is 1. The van der Waals surface area contributed by atoms with E-state index in [-0.39, 0.29) is 5.60 Å². The van der Waals surface area contributed by atoms with Crippen molar-refractivity contribution in [3.63, 3.8) is 0 Å². The first-order valence-corrected chi connectivity index (χ1v) is 10.3. The van der Waals surface area contributed by atoms with Crippen molar-refractivity contribution in [2.75, 3.05) is 37.6 Å². The molecule has 28 heavy (non-hydrogen) atoms. The summed E-state index contributed by atoms with van der Waals surface area (Å²) < 4.78 is 6.60. The highest BCUT2D eigenvalue weighted by Crippen LogP contribution is 2.43. The van der Waals surface area contributed by atoms with E-state index in [4.69, 9.17) is 4.74 Å². The number of hydrogen-bond acceptors (Lipinski definition) is 5. The Morgan fingerprint density at radius 1 is 1.07 bits per heavy atom. The van der Waals surface area contributed by atoms with Gasteiger partial charge in [0, 0.05) is 44.5 Å². The minimum absolute atomic E-state index is 0.194. The zero-order chi connectivity index (χ0) is 19.9. The molecule has 150 valence electrons. The Bertz CT molecular complexity index is 860. The molecule has 0 bridgehead atoms. The Labute approximate surface area is 168 Å². The van der Waals surface area contributed by atoms with Gasteiger partial charge in [-0.3, -0.25) is 4.90 Å². The normalized spacial score (nSPS) is 22.6. The second kappa shape index (κ2) is 7.28. The molecule has 2 aliphatic rings. The molecule has 5 heteroatoms. The van der Waals surface area contributed by atoms with E-state index in [2.05, 4.69) is 34.7 Å². The lowest BCUT2D eigenvalue weighted by Gasteiger charge is -2.43. The van der Waals surface area contributed by atoms with Gasteiger partial charge in [0.25, 0.3) is 0 Å². The topological polar surface area (TPSA) is 48.8 Å². The third-order valence-corrected chi connectivity index (χ3v) is 6.50. The molecule has 5 nitrogen and oxygen atoms in total. The molecule has 1 aromatic heterocycles. The largest absolute Gasteiger partial charge is 0.507 e. The number of nitrogens with zero attached hydrogens (tertiary/aromatic N) is 3. The number of aromatic nitrogens is 1. The van der Waals surface area contributed by atoms with Crippen LogP contribution in [-0.4, -0.2) is 53.3 Å². The first-order chi connectivity index (χ1) is 13.4. The van der Waals surface area contributed by atoms with Crippen LogP contribution in [0.5, 0.6) is 11.5 Å². The number of hydrogen-bond donors (Lipinski definition) is 1. The van der Waals surface area contributed by atoms with E-state index in [9.17, 15) is 5.11 Å². The molecule has 2 aliphatic heterocycles. The summed E-state index contributed by atoms with van der Waals surface area (Å²) in [6.45, 7) is 13.2. The summed E-state index contributed by atoms with van der Waals surface area (Å²) in [6.07, 6.45) is 3.80. The second-order valence-corrected chi connectivity index (χ2v) is 8.53. The standard InChI is InChI=1S/C23H31N3O2/c1-16-17(2)22-19(18(3)21(16)27)8-9-23(4,28-22)15-25-11-13-26(14-12-25)20-7-5-6-10-24-20/h5-7,10,27H,8-9,11-15H2,1-4H3. The maximum absolute atomic E-state index is 10.4. The highest BCUT2D eigenvalue weighted by Gasteiger charge is 2.36. The number of benzene rings is 1. The Balaban J connectivity index is 1.44. The van der Waals surface area contributed by atoms with Crippen LogP contribution in [-0.2, 0) is 6.42 Å². The predicted octanol–water partition coefficient (Wildman–Crippen LogP) is 3.62. The SMILES string of the molecule is Cc1c(C)c2c(c(C)c1O)CCC(C)(CN1CCN(c3ccccn3)CC1)O2. The summed E-state index contributed by atoms with van der Waals surface area (Å²) in [7, 11) is 0. The molecular weight excluding hydrogens is 350 g/mol. The zero-order valence-corrected chi connectivity index (χ0v) is 17.5. The zero-order valence-electron chi connectivity index (χ0n) is 17.5. The predicted molar refractivity (Wildman–Crippen MR) is 113 cm³/mol. The van der Waals surface area contributed by atoms with E-state index in [0.717, 1.165) is 73.8 Å². The van der Waals surface area contributed by atoms with Gasteiger partial charge in [0.15, 0.2) is 0 Å². The van der Waals surface area contributed by atoms with Gasteiger partial charge in [0.1, 0.15) is 22.9 Å². The molecule has 0 saturated carbocycles. The monoisotopic (exact) mass is 381 g/mol. The van der Waals surface area contributed by atoms with Gasteiger partial charge in [-0.25, -0.2) is 4.98 Å². The van der Waals surface area contributed by atoms with E-state index >= 15 is 0 Å². The van der Waals surface area contributed by atoms with Gasteiger partial charge in [-0.2, -0.15) is 0 Å². The number of anilines is 1. The van der Waals surface area contributed by atoms with Crippen molar-refractivity contribution < 1.29 is 9.84 Å². The van der Waals surface area contributed by atoms with Crippen LogP contribution >= 0.6 is 0 Å². The number of pyridine rings is 1. The van der Waals surface area contributed by atoms with Crippen LogP contribution in [0.3, 0.4) is 0 Å². The van der Waals surface area contributed by atoms with Gasteiger partial charge in [0.2, 0.25) is 0 Å². The van der Waals surface area contributed by atoms with Gasteiger partial charge in [-0.1, -0.05) is 6.07 Å². The summed E-state index contributed by atoms with van der Waals surface area (Å²) in [4.78, 5) is 9.35. The van der Waals surface area contributed by atoms with Crippen molar-refractivity contribution in [2.24, 2.45) is 0 Å². The summed E-state index contributed by atoms with van der Waals surface area (Å²) >= 11 is 0. The molecule has 1 aromatic carbocycles. The third kappa shape index (κ3) is 3.44. The number of aromatic hydroxyl groups is 1. The Morgan fingerprint density at radius 2 is 1.82 bits per heavy atom. The highest BCUT2D eigenvalue weighted by molar-refractivity contribution is 5.58. The lowest BCUT2D eigenvalue weighted by molar-refractivity contribution is 0.0226. The fourth-order valence-corrected chi connectivity index (χ4v) is 4.55. The average molecular weight is 382 g/mol. The maximum atomic E-state index is 10.4. The van der Waals surface area contributed by atoms with E-state index in [1.807, 2.05) is 32.2 Å². The van der Waals surface area contributed by atoms with Crippen LogP contribution in [0.2, 0.25) is 0 Å². The molecule has 4 rings (SSSR count). The van der Waals surface area contributed by atoms with Crippen molar-refractivity contribution >= 4 is 5.82 Å². The Kier molecular flexibility index (Phi) is 4.96. The molecule has 2 aromatic rings. The molecule has 3 heterocycles. The van der Waals surface area contributed by atoms with Crippen LogP contribution in [0.25, 0.3) is 0 Å². The van der Waals surface area contributed by atoms with Gasteiger partial charge < -0.3 is 14.7 Å². The van der Waals surface area contributed by atoms with Crippen LogP contribution in [0.4, 0.5) is 5.82 Å². The first kappa shape index (κ1) is 19.1. The number of piperazine rings is 1. The minimum Gasteiger partial charge on any atom is -0.507 e. The first-order valence-electron chi connectivity index (χ1n) is 10.3. The maximum Gasteiger partial charge on any atom is 0.128 e. The minimum atomic E-state index is -0.194. The molecule has 1 N–H and O–H groups in total. The molecular formula is C23H31N3O2. The summed E-state index contributed by atoms with van der Waals surface area (Å²) in [6, 6.07) is 6.10. The number of ether oxygens (including phenoxy) is 1. The molecule has 0 aliphatic carbocycles. The lowest BCUT2D eigenvalue weighted by atomic mass is 9.87. The lowest BCUT2D eigenvalue weighted by Crippen LogP contribution is -2.54. The highest BCUT2D eigenvalue weighted by atomic mass is 16.5. The molecule has 1 saturated heterocycles. The van der Waals surface area contributed by atoms with Gasteiger partial charge in [-0.05, 0) is 69.4 Å². The Hall–Kier alpha value is -2.27. The average Bonchev–Trinajstić information content (AvgIpc) is 2.71. The smallest absolute Gasteiger partial charge is 0.128 e. The van der Waals surface area contributed by atoms with E-state index in [1.54, 1.807) is 0 Å². The number of rotatable bonds is 3. The van der Waals surface area contributed by atoms with Crippen molar-refractivity contribution in [2.45, 2.75) is 46.1 Å². The fourth-order valence-electron chi connectivity index (χ4n) is 4.55. The van der Waals surface area contributed by atoms with Crippen molar-refractivity contribution in [1.29, 1.82) is 0 Å². The molecule has 0 amide bonds. The van der Waals surface area contributed by atoms with Crippen LogP contribution in [0, 0.1) is 20.8 Å². The molecule has 0 radical (unpaired) electrons. The van der Waals surface area contributed by atoms with Crippen molar-refractivity contribution in [3.05, 3.63) is 46.6 Å². The number of phenolic OH excluding ortho intramolecular Hbond substituents is 1. The quantitative estimate of drug-likeness (QED) is 0.880. The summed E-state index contributed by atoms with van der Waals surface area (Å²) in [5.74, 6) is 2.49. The van der Waals surface area contributed by atoms with Crippen molar-refractivity contribution in [1.82, 2.24) is 9.88 Å². The van der Waals surface area contributed by atoms with Crippen LogP contribution < -0.4 is 9.64 Å². The Morgan fingerprint density at radius 3 is 2.50 bits per heavy atom. The fraction of sp³-hybridized carbons (Fsp3) is 0.522.